The zero-order chi connectivity index (χ0) is 17.6. The van der Waals surface area contributed by atoms with Crippen molar-refractivity contribution in [1.29, 1.82) is 0 Å². The van der Waals surface area contributed by atoms with Gasteiger partial charge in [-0.1, -0.05) is 12.8 Å². The number of nitrogens with zero attached hydrogens (tertiary/aromatic N) is 3. The van der Waals surface area contributed by atoms with Crippen LogP contribution in [0.15, 0.2) is 0 Å². The molecule has 0 radical (unpaired) electrons. The molecule has 7 nitrogen and oxygen atoms in total. The van der Waals surface area contributed by atoms with Gasteiger partial charge in [0, 0.05) is 38.1 Å². The average molecular weight is 359 g/mol. The lowest BCUT2D eigenvalue weighted by atomic mass is 9.86. The summed E-state index contributed by atoms with van der Waals surface area (Å²) in [6, 6.07) is -0.133. The van der Waals surface area contributed by atoms with Gasteiger partial charge in [-0.3, -0.25) is 15.0 Å². The molecule has 0 bridgehead atoms. The number of amides is 1. The molecule has 2 saturated heterocycles. The largest absolute Gasteiger partial charge is 0.334 e. The van der Waals surface area contributed by atoms with E-state index in [2.05, 4.69) is 5.32 Å². The molecule has 138 valence electrons. The van der Waals surface area contributed by atoms with Crippen LogP contribution in [0.4, 0.5) is 0 Å². The third kappa shape index (κ3) is 2.98. The number of nitrogens with one attached hydrogen (secondary N) is 1. The number of hydrogen-bond acceptors (Lipinski definition) is 5. The monoisotopic (exact) mass is 358 g/mol. The van der Waals surface area contributed by atoms with Gasteiger partial charge in [0.1, 0.15) is 5.37 Å². The molecule has 1 saturated carbocycles. The highest BCUT2D eigenvalue weighted by Gasteiger charge is 2.49. The minimum Gasteiger partial charge on any atom is -0.334 e. The summed E-state index contributed by atoms with van der Waals surface area (Å²) in [6.07, 6.45) is 3.89. The lowest BCUT2D eigenvalue weighted by molar-refractivity contribution is -0.139. The Morgan fingerprint density at radius 1 is 1.08 bits per heavy atom. The minimum atomic E-state index is -3.44. The highest BCUT2D eigenvalue weighted by molar-refractivity contribution is 7.89. The molecule has 0 spiro atoms. The molecule has 3 rings (SSSR count). The number of rotatable bonds is 2. The Labute approximate surface area is 145 Å². The van der Waals surface area contributed by atoms with Crippen LogP contribution in [-0.2, 0) is 14.8 Å². The number of carbonyl (C=O) groups excluding carboxylic acids is 1. The highest BCUT2D eigenvalue weighted by atomic mass is 32.2. The van der Waals surface area contributed by atoms with Crippen molar-refractivity contribution in [3.8, 4) is 0 Å². The van der Waals surface area contributed by atoms with Crippen molar-refractivity contribution < 1.29 is 13.2 Å². The molecule has 0 aromatic heterocycles. The van der Waals surface area contributed by atoms with Gasteiger partial charge in [0.15, 0.2) is 0 Å². The van der Waals surface area contributed by atoms with E-state index in [0.717, 1.165) is 25.7 Å². The molecule has 0 aromatic rings. The lowest BCUT2D eigenvalue weighted by Gasteiger charge is -2.52. The maximum absolute atomic E-state index is 13.3. The van der Waals surface area contributed by atoms with Gasteiger partial charge in [-0.2, -0.15) is 4.31 Å². The van der Waals surface area contributed by atoms with Crippen LogP contribution in [0.3, 0.4) is 0 Å². The predicted molar refractivity (Wildman–Crippen MR) is 92.7 cm³/mol. The van der Waals surface area contributed by atoms with E-state index in [1.54, 1.807) is 11.2 Å². The molecule has 1 N–H and O–H groups in total. The number of carbonyl (C=O) groups is 1. The molecule has 3 fully saturated rings. The summed E-state index contributed by atoms with van der Waals surface area (Å²) in [5.74, 6) is 0.0591. The maximum atomic E-state index is 13.3. The van der Waals surface area contributed by atoms with Crippen molar-refractivity contribution in [3.63, 3.8) is 0 Å². The summed E-state index contributed by atoms with van der Waals surface area (Å²) in [5, 5.41) is 2.64. The highest BCUT2D eigenvalue weighted by Crippen LogP contribution is 2.35. The Morgan fingerprint density at radius 2 is 1.71 bits per heavy atom. The van der Waals surface area contributed by atoms with Crippen molar-refractivity contribution in [3.05, 3.63) is 0 Å². The Balaban J connectivity index is 1.88. The Morgan fingerprint density at radius 3 is 2.25 bits per heavy atom. The molecule has 5 atom stereocenters. The molecular formula is C16H30N4O3S. The van der Waals surface area contributed by atoms with Crippen molar-refractivity contribution >= 4 is 15.9 Å². The van der Waals surface area contributed by atoms with Crippen LogP contribution in [0.25, 0.3) is 0 Å². The van der Waals surface area contributed by atoms with Gasteiger partial charge in [-0.15, -0.1) is 0 Å². The quantitative estimate of drug-likeness (QED) is 0.773. The fourth-order valence-corrected chi connectivity index (χ4v) is 6.78. The fraction of sp³-hybridized carbons (Fsp3) is 0.938. The maximum Gasteiger partial charge on any atom is 0.231 e. The van der Waals surface area contributed by atoms with E-state index in [-0.39, 0.29) is 30.2 Å². The van der Waals surface area contributed by atoms with Crippen LogP contribution >= 0.6 is 0 Å². The first kappa shape index (κ1) is 18.1. The summed E-state index contributed by atoms with van der Waals surface area (Å²) in [5.41, 5.74) is 0. The van der Waals surface area contributed by atoms with Gasteiger partial charge in [0.25, 0.3) is 0 Å². The second-order valence-corrected chi connectivity index (χ2v) is 9.65. The molecule has 1 aliphatic carbocycles. The first-order valence-corrected chi connectivity index (χ1v) is 10.5. The summed E-state index contributed by atoms with van der Waals surface area (Å²) < 4.78 is 28.3. The average Bonchev–Trinajstić information content (AvgIpc) is 2.86. The smallest absolute Gasteiger partial charge is 0.231 e. The third-order valence-corrected chi connectivity index (χ3v) is 8.01. The fourth-order valence-electron chi connectivity index (χ4n) is 4.61. The summed E-state index contributed by atoms with van der Waals surface area (Å²) in [6.45, 7) is 6.45. The van der Waals surface area contributed by atoms with Crippen LogP contribution in [0.1, 0.15) is 46.5 Å². The SMILES string of the molecule is CC(=O)N1C2CCCCC2N(S(=O)(=O)C2CN(C)C(C)N2)C[C@@H]1C. The summed E-state index contributed by atoms with van der Waals surface area (Å²) in [7, 11) is -1.50. The standard InChI is InChI=1S/C16H30N4O3S/c1-11-9-19(24(22,23)16-10-18(4)12(2)17-16)14-7-5-6-8-15(14)20(11)13(3)21/h11-12,14-17H,5-10H2,1-4H3/t11-,12?,14?,15?,16?/m0/s1. The summed E-state index contributed by atoms with van der Waals surface area (Å²) >= 11 is 0. The first-order chi connectivity index (χ1) is 11.2. The number of piperazine rings is 1. The molecule has 24 heavy (non-hydrogen) atoms. The van der Waals surface area contributed by atoms with Gasteiger partial charge >= 0.3 is 0 Å². The molecule has 8 heteroatoms. The molecule has 2 aliphatic heterocycles. The van der Waals surface area contributed by atoms with Crippen LogP contribution in [0.2, 0.25) is 0 Å². The van der Waals surface area contributed by atoms with Crippen molar-refractivity contribution in [2.24, 2.45) is 0 Å². The summed E-state index contributed by atoms with van der Waals surface area (Å²) in [4.78, 5) is 16.0. The first-order valence-electron chi connectivity index (χ1n) is 8.99. The molecule has 4 unspecified atom stereocenters. The van der Waals surface area contributed by atoms with Crippen LogP contribution in [0, 0.1) is 0 Å². The topological polar surface area (TPSA) is 73.0 Å². The Kier molecular flexibility index (Phi) is 4.94. The predicted octanol–water partition coefficient (Wildman–Crippen LogP) is 0.387. The second kappa shape index (κ2) is 6.55. The van der Waals surface area contributed by atoms with E-state index in [4.69, 9.17) is 0 Å². The Hall–Kier alpha value is -0.700. The zero-order valence-corrected chi connectivity index (χ0v) is 15.9. The van der Waals surface area contributed by atoms with E-state index in [0.29, 0.717) is 13.1 Å². The van der Waals surface area contributed by atoms with Crippen molar-refractivity contribution in [1.82, 2.24) is 19.4 Å². The number of sulfonamides is 1. The number of hydrogen-bond donors (Lipinski definition) is 1. The van der Waals surface area contributed by atoms with Gasteiger partial charge in [0.2, 0.25) is 15.9 Å². The van der Waals surface area contributed by atoms with E-state index in [1.165, 1.54) is 0 Å². The number of fused-ring (bicyclic) bond motifs is 1. The van der Waals surface area contributed by atoms with Gasteiger partial charge in [-0.25, -0.2) is 8.42 Å². The van der Waals surface area contributed by atoms with Crippen LogP contribution < -0.4 is 5.32 Å². The molecule has 2 heterocycles. The minimum absolute atomic E-state index is 0.0198. The van der Waals surface area contributed by atoms with Gasteiger partial charge < -0.3 is 4.90 Å². The number of likely N-dealkylation sites (N-methyl/N-ethyl adjacent to an activating group) is 1. The lowest BCUT2D eigenvalue weighted by Crippen LogP contribution is -2.67. The van der Waals surface area contributed by atoms with Crippen molar-refractivity contribution in [2.75, 3.05) is 20.1 Å². The van der Waals surface area contributed by atoms with Crippen molar-refractivity contribution in [2.45, 2.75) is 76.1 Å². The second-order valence-electron chi connectivity index (χ2n) is 7.58. The van der Waals surface area contributed by atoms with Crippen LogP contribution in [0.5, 0.6) is 0 Å². The third-order valence-electron chi connectivity index (χ3n) is 5.93. The van der Waals surface area contributed by atoms with Crippen LogP contribution in [-0.4, -0.2) is 78.2 Å². The zero-order valence-electron chi connectivity index (χ0n) is 15.1. The molecular weight excluding hydrogens is 328 g/mol. The van der Waals surface area contributed by atoms with E-state index in [9.17, 15) is 13.2 Å². The van der Waals surface area contributed by atoms with E-state index >= 15 is 0 Å². The molecule has 0 aromatic carbocycles. The van der Waals surface area contributed by atoms with Gasteiger partial charge in [-0.05, 0) is 33.7 Å². The molecule has 1 amide bonds. The Bertz CT molecular complexity index is 586. The van der Waals surface area contributed by atoms with E-state index < -0.39 is 15.4 Å². The van der Waals surface area contributed by atoms with E-state index in [1.807, 2.05) is 30.7 Å². The van der Waals surface area contributed by atoms with Gasteiger partial charge in [0.05, 0.1) is 6.17 Å². The normalized spacial score (nSPS) is 39.0. The molecule has 3 aliphatic rings.